The molecule has 0 aliphatic carbocycles. The van der Waals surface area contributed by atoms with Gasteiger partial charge in [0.1, 0.15) is 5.75 Å². The Bertz CT molecular complexity index is 1260. The zero-order valence-electron chi connectivity index (χ0n) is 17.5. The lowest BCUT2D eigenvalue weighted by atomic mass is 10.0. The monoisotopic (exact) mass is 435 g/mol. The van der Waals surface area contributed by atoms with Crippen LogP contribution in [-0.2, 0) is 21.1 Å². The van der Waals surface area contributed by atoms with Gasteiger partial charge >= 0.3 is 0 Å². The van der Waals surface area contributed by atoms with Crippen molar-refractivity contribution in [3.63, 3.8) is 0 Å². The van der Waals surface area contributed by atoms with E-state index in [4.69, 9.17) is 5.26 Å². The largest absolute Gasteiger partial charge is 0.358 e. The molecule has 1 aliphatic heterocycles. The summed E-state index contributed by atoms with van der Waals surface area (Å²) in [5.74, 6) is -0.811. The van der Waals surface area contributed by atoms with Crippen molar-refractivity contribution in [3.05, 3.63) is 65.4 Å². The third-order valence-corrected chi connectivity index (χ3v) is 7.75. The first kappa shape index (κ1) is 21.1. The van der Waals surface area contributed by atoms with Crippen LogP contribution in [0.25, 0.3) is 10.9 Å². The van der Waals surface area contributed by atoms with Crippen molar-refractivity contribution in [2.24, 2.45) is 0 Å². The number of carbonyl (C=O) groups is 1. The standard InChI is InChI=1S/C24H25N3O3S/c1-17-21-11-9-18(15-25)14-23(21)26-22(17)12-10-19-6-5-13-27(19)24(28)16-31(29,30)20-7-3-2-4-8-20/h2-4,7-9,11,14,19,26H,5-6,10,12-13,16H2,1H3/t19-/m0/s1. The molecule has 6 nitrogen and oxygen atoms in total. The van der Waals surface area contributed by atoms with Crippen LogP contribution in [0.3, 0.4) is 0 Å². The molecule has 0 radical (unpaired) electrons. The lowest BCUT2D eigenvalue weighted by molar-refractivity contribution is -0.129. The van der Waals surface area contributed by atoms with Crippen molar-refractivity contribution in [2.75, 3.05) is 12.3 Å². The number of hydrogen-bond acceptors (Lipinski definition) is 4. The molecule has 1 aliphatic rings. The number of benzene rings is 2. The SMILES string of the molecule is Cc1c(CC[C@@H]2CCCN2C(=O)CS(=O)(=O)c2ccccc2)[nH]c2cc(C#N)ccc12. The number of fused-ring (bicyclic) bond motifs is 1. The number of nitriles is 1. The Labute approximate surface area is 182 Å². The highest BCUT2D eigenvalue weighted by Crippen LogP contribution is 2.27. The molecule has 4 rings (SSSR count). The van der Waals surface area contributed by atoms with E-state index in [1.165, 1.54) is 12.1 Å². The molecule has 0 unspecified atom stereocenters. The Morgan fingerprint density at radius 2 is 2.00 bits per heavy atom. The molecule has 160 valence electrons. The maximum atomic E-state index is 12.8. The molecule has 1 aromatic heterocycles. The van der Waals surface area contributed by atoms with Crippen LogP contribution in [-0.4, -0.2) is 42.5 Å². The number of nitrogens with zero attached hydrogens (tertiary/aromatic N) is 2. The van der Waals surface area contributed by atoms with Crippen LogP contribution in [0.5, 0.6) is 0 Å². The van der Waals surface area contributed by atoms with Crippen LogP contribution in [0.4, 0.5) is 0 Å². The summed E-state index contributed by atoms with van der Waals surface area (Å²) in [5, 5.41) is 10.2. The second-order valence-corrected chi connectivity index (χ2v) is 10.1. The summed E-state index contributed by atoms with van der Waals surface area (Å²) in [6, 6.07) is 16.0. The van der Waals surface area contributed by atoms with Gasteiger partial charge in [-0.15, -0.1) is 0 Å². The minimum Gasteiger partial charge on any atom is -0.358 e. The van der Waals surface area contributed by atoms with Gasteiger partial charge in [0.05, 0.1) is 16.5 Å². The Morgan fingerprint density at radius 3 is 2.74 bits per heavy atom. The van der Waals surface area contributed by atoms with E-state index in [-0.39, 0.29) is 16.8 Å². The molecule has 1 N–H and O–H groups in total. The molecule has 2 aromatic carbocycles. The Morgan fingerprint density at radius 1 is 1.23 bits per heavy atom. The molecule has 3 aromatic rings. The molecule has 1 saturated heterocycles. The van der Waals surface area contributed by atoms with Gasteiger partial charge in [0.25, 0.3) is 0 Å². The normalized spacial score (nSPS) is 16.5. The van der Waals surface area contributed by atoms with Crippen LogP contribution in [0.15, 0.2) is 53.4 Å². The van der Waals surface area contributed by atoms with E-state index >= 15 is 0 Å². The highest BCUT2D eigenvalue weighted by Gasteiger charge is 2.31. The number of amides is 1. The van der Waals surface area contributed by atoms with Crippen LogP contribution in [0.2, 0.25) is 0 Å². The minimum atomic E-state index is -3.64. The van der Waals surface area contributed by atoms with Crippen LogP contribution in [0, 0.1) is 18.3 Å². The zero-order valence-corrected chi connectivity index (χ0v) is 18.3. The second kappa shape index (κ2) is 8.56. The van der Waals surface area contributed by atoms with E-state index in [0.29, 0.717) is 12.1 Å². The number of rotatable bonds is 6. The maximum absolute atomic E-state index is 12.8. The van der Waals surface area contributed by atoms with Crippen molar-refractivity contribution in [1.29, 1.82) is 5.26 Å². The molecule has 1 fully saturated rings. The lowest BCUT2D eigenvalue weighted by Crippen LogP contribution is -2.39. The molecule has 1 atom stereocenters. The summed E-state index contributed by atoms with van der Waals surface area (Å²) in [6.07, 6.45) is 3.31. The number of sulfone groups is 1. The Balaban J connectivity index is 1.45. The summed E-state index contributed by atoms with van der Waals surface area (Å²) in [5.41, 5.74) is 3.82. The number of hydrogen-bond donors (Lipinski definition) is 1. The van der Waals surface area contributed by atoms with E-state index in [2.05, 4.69) is 18.0 Å². The highest BCUT2D eigenvalue weighted by atomic mass is 32.2. The lowest BCUT2D eigenvalue weighted by Gasteiger charge is -2.24. The van der Waals surface area contributed by atoms with Crippen molar-refractivity contribution >= 4 is 26.6 Å². The van der Waals surface area contributed by atoms with Crippen molar-refractivity contribution in [1.82, 2.24) is 9.88 Å². The topological polar surface area (TPSA) is 94.0 Å². The number of carbonyl (C=O) groups excluding carboxylic acids is 1. The van der Waals surface area contributed by atoms with Crippen LogP contribution < -0.4 is 0 Å². The first-order valence-corrected chi connectivity index (χ1v) is 12.1. The molecule has 0 saturated carbocycles. The van der Waals surface area contributed by atoms with Gasteiger partial charge in [-0.3, -0.25) is 4.79 Å². The fraction of sp³-hybridized carbons (Fsp3) is 0.333. The van der Waals surface area contributed by atoms with Gasteiger partial charge in [0.2, 0.25) is 5.91 Å². The fourth-order valence-electron chi connectivity index (χ4n) is 4.44. The van der Waals surface area contributed by atoms with Gasteiger partial charge in [-0.05, 0) is 62.4 Å². The molecular formula is C24H25N3O3S. The number of likely N-dealkylation sites (tertiary alicyclic amines) is 1. The predicted molar refractivity (Wildman–Crippen MR) is 119 cm³/mol. The summed E-state index contributed by atoms with van der Waals surface area (Å²) < 4.78 is 25.2. The molecule has 0 bridgehead atoms. The van der Waals surface area contributed by atoms with Gasteiger partial charge in [0.15, 0.2) is 9.84 Å². The Kier molecular flexibility index (Phi) is 5.84. The molecule has 7 heteroatoms. The Hall–Kier alpha value is -3.11. The first-order valence-electron chi connectivity index (χ1n) is 10.5. The van der Waals surface area contributed by atoms with Gasteiger partial charge in [-0.1, -0.05) is 24.3 Å². The van der Waals surface area contributed by atoms with Crippen LogP contribution >= 0.6 is 0 Å². The second-order valence-electron chi connectivity index (χ2n) is 8.09. The van der Waals surface area contributed by atoms with E-state index in [1.54, 1.807) is 23.1 Å². The van der Waals surface area contributed by atoms with Gasteiger partial charge < -0.3 is 9.88 Å². The van der Waals surface area contributed by atoms with E-state index in [1.807, 2.05) is 18.2 Å². The third-order valence-electron chi connectivity index (χ3n) is 6.13. The van der Waals surface area contributed by atoms with Crippen molar-refractivity contribution in [3.8, 4) is 6.07 Å². The van der Waals surface area contributed by atoms with Crippen LogP contribution in [0.1, 0.15) is 36.1 Å². The minimum absolute atomic E-state index is 0.0407. The molecule has 1 amide bonds. The van der Waals surface area contributed by atoms with Crippen molar-refractivity contribution in [2.45, 2.75) is 43.5 Å². The zero-order chi connectivity index (χ0) is 22.0. The maximum Gasteiger partial charge on any atom is 0.238 e. The summed E-state index contributed by atoms with van der Waals surface area (Å²) in [6.45, 7) is 2.66. The molecule has 2 heterocycles. The average molecular weight is 436 g/mol. The quantitative estimate of drug-likeness (QED) is 0.638. The van der Waals surface area contributed by atoms with E-state index < -0.39 is 15.6 Å². The van der Waals surface area contributed by atoms with Crippen molar-refractivity contribution < 1.29 is 13.2 Å². The first-order chi connectivity index (χ1) is 14.9. The molecule has 0 spiro atoms. The average Bonchev–Trinajstić information content (AvgIpc) is 3.36. The summed E-state index contributed by atoms with van der Waals surface area (Å²) in [7, 11) is -3.64. The molecular weight excluding hydrogens is 410 g/mol. The van der Waals surface area contributed by atoms with Gasteiger partial charge in [0, 0.05) is 29.2 Å². The van der Waals surface area contributed by atoms with E-state index in [0.717, 1.165) is 47.8 Å². The summed E-state index contributed by atoms with van der Waals surface area (Å²) in [4.78, 5) is 18.2. The number of H-pyrrole nitrogens is 1. The van der Waals surface area contributed by atoms with Gasteiger partial charge in [-0.25, -0.2) is 8.42 Å². The highest BCUT2D eigenvalue weighted by molar-refractivity contribution is 7.92. The third kappa shape index (κ3) is 4.35. The molecule has 31 heavy (non-hydrogen) atoms. The van der Waals surface area contributed by atoms with Gasteiger partial charge in [-0.2, -0.15) is 5.26 Å². The predicted octanol–water partition coefficient (Wildman–Crippen LogP) is 3.75. The smallest absolute Gasteiger partial charge is 0.238 e. The number of aromatic nitrogens is 1. The number of aryl methyl sites for hydroxylation is 2. The van der Waals surface area contributed by atoms with E-state index in [9.17, 15) is 13.2 Å². The summed E-state index contributed by atoms with van der Waals surface area (Å²) >= 11 is 0. The number of nitrogens with one attached hydrogen (secondary N) is 1. The number of aromatic amines is 1. The fourth-order valence-corrected chi connectivity index (χ4v) is 5.67.